The number of piperidine rings is 1. The quantitative estimate of drug-likeness (QED) is 0.835. The van der Waals surface area contributed by atoms with Crippen LogP contribution in [0, 0.1) is 5.41 Å². The first-order valence-electron chi connectivity index (χ1n) is 7.74. The molecule has 5 nitrogen and oxygen atoms in total. The summed E-state index contributed by atoms with van der Waals surface area (Å²) >= 11 is 0. The summed E-state index contributed by atoms with van der Waals surface area (Å²) in [6.07, 6.45) is 3.75. The molecule has 0 amide bonds. The minimum absolute atomic E-state index is 0.453. The van der Waals surface area contributed by atoms with Crippen molar-refractivity contribution in [1.29, 1.82) is 0 Å². The summed E-state index contributed by atoms with van der Waals surface area (Å²) < 4.78 is 0. The standard InChI is InChI=1S/C16H21N5/c17-14-12-3-1-2-4-13(12)19-15(20-14)21-10-7-16(11-21)5-8-18-9-6-16/h1-4,18H,5-11H2,(H2,17,19,20). The molecule has 2 aliphatic rings. The molecule has 0 aliphatic carbocycles. The number of benzene rings is 1. The van der Waals surface area contributed by atoms with Crippen molar-refractivity contribution in [2.24, 2.45) is 5.41 Å². The predicted molar refractivity (Wildman–Crippen MR) is 85.3 cm³/mol. The Morgan fingerprint density at radius 3 is 2.76 bits per heavy atom. The van der Waals surface area contributed by atoms with Crippen molar-refractivity contribution in [2.45, 2.75) is 19.3 Å². The lowest BCUT2D eigenvalue weighted by Gasteiger charge is -2.33. The second-order valence-electron chi connectivity index (χ2n) is 6.35. The molecule has 0 unspecified atom stereocenters. The van der Waals surface area contributed by atoms with Gasteiger partial charge in [0.1, 0.15) is 5.82 Å². The summed E-state index contributed by atoms with van der Waals surface area (Å²) in [5.41, 5.74) is 7.50. The maximum atomic E-state index is 6.11. The fourth-order valence-electron chi connectivity index (χ4n) is 3.70. The second kappa shape index (κ2) is 4.84. The molecule has 2 aliphatic heterocycles. The zero-order valence-corrected chi connectivity index (χ0v) is 12.2. The Morgan fingerprint density at radius 1 is 1.10 bits per heavy atom. The lowest BCUT2D eigenvalue weighted by atomic mass is 9.78. The van der Waals surface area contributed by atoms with Crippen LogP contribution in [-0.2, 0) is 0 Å². The van der Waals surface area contributed by atoms with Crippen LogP contribution in [0.15, 0.2) is 24.3 Å². The van der Waals surface area contributed by atoms with Crippen molar-refractivity contribution >= 4 is 22.7 Å². The van der Waals surface area contributed by atoms with Crippen molar-refractivity contribution in [1.82, 2.24) is 15.3 Å². The van der Waals surface area contributed by atoms with E-state index in [-0.39, 0.29) is 0 Å². The third-order valence-corrected chi connectivity index (χ3v) is 5.01. The molecule has 0 bridgehead atoms. The van der Waals surface area contributed by atoms with Gasteiger partial charge in [-0.25, -0.2) is 4.98 Å². The van der Waals surface area contributed by atoms with Gasteiger partial charge in [-0.05, 0) is 49.9 Å². The SMILES string of the molecule is Nc1nc(N2CCC3(CCNCC3)C2)nc2ccccc12. The fraction of sp³-hybridized carbons (Fsp3) is 0.500. The van der Waals surface area contributed by atoms with Gasteiger partial charge in [-0.2, -0.15) is 4.98 Å². The summed E-state index contributed by atoms with van der Waals surface area (Å²) in [6.45, 7) is 4.37. The summed E-state index contributed by atoms with van der Waals surface area (Å²) in [5.74, 6) is 1.38. The van der Waals surface area contributed by atoms with Crippen LogP contribution in [-0.4, -0.2) is 36.1 Å². The minimum atomic E-state index is 0.453. The van der Waals surface area contributed by atoms with E-state index in [2.05, 4.69) is 15.2 Å². The van der Waals surface area contributed by atoms with Gasteiger partial charge in [-0.1, -0.05) is 12.1 Å². The molecule has 21 heavy (non-hydrogen) atoms. The third-order valence-electron chi connectivity index (χ3n) is 5.01. The Kier molecular flexibility index (Phi) is 2.96. The lowest BCUT2D eigenvalue weighted by molar-refractivity contribution is 0.232. The van der Waals surface area contributed by atoms with Crippen LogP contribution >= 0.6 is 0 Å². The predicted octanol–water partition coefficient (Wildman–Crippen LogP) is 1.79. The molecule has 2 saturated heterocycles. The Balaban J connectivity index is 1.65. The van der Waals surface area contributed by atoms with Crippen LogP contribution in [0.1, 0.15) is 19.3 Å². The van der Waals surface area contributed by atoms with Crippen molar-refractivity contribution in [3.8, 4) is 0 Å². The Labute approximate surface area is 124 Å². The molecule has 1 spiro atoms. The van der Waals surface area contributed by atoms with E-state index in [9.17, 15) is 0 Å². The minimum Gasteiger partial charge on any atom is -0.383 e. The van der Waals surface area contributed by atoms with E-state index in [1.54, 1.807) is 0 Å². The van der Waals surface area contributed by atoms with Gasteiger partial charge in [0, 0.05) is 18.5 Å². The highest BCUT2D eigenvalue weighted by molar-refractivity contribution is 5.88. The molecule has 4 rings (SSSR count). The number of hydrogen-bond acceptors (Lipinski definition) is 5. The molecule has 1 aromatic heterocycles. The summed E-state index contributed by atoms with van der Waals surface area (Å²) in [7, 11) is 0. The van der Waals surface area contributed by atoms with Crippen LogP contribution in [0.3, 0.4) is 0 Å². The number of para-hydroxylation sites is 1. The molecular weight excluding hydrogens is 262 g/mol. The third kappa shape index (κ3) is 2.21. The average Bonchev–Trinajstić information content (AvgIpc) is 2.92. The highest BCUT2D eigenvalue weighted by atomic mass is 15.3. The number of nitrogens with zero attached hydrogens (tertiary/aromatic N) is 3. The number of fused-ring (bicyclic) bond motifs is 1. The van der Waals surface area contributed by atoms with Gasteiger partial charge in [0.05, 0.1) is 5.52 Å². The molecule has 2 fully saturated rings. The molecular formula is C16H21N5. The number of nitrogen functional groups attached to an aromatic ring is 1. The zero-order chi connectivity index (χ0) is 14.3. The number of nitrogens with two attached hydrogens (primary N) is 1. The fourth-order valence-corrected chi connectivity index (χ4v) is 3.70. The smallest absolute Gasteiger partial charge is 0.227 e. The number of anilines is 2. The number of hydrogen-bond donors (Lipinski definition) is 2. The molecule has 0 atom stereocenters. The van der Waals surface area contributed by atoms with Crippen molar-refractivity contribution in [2.75, 3.05) is 36.8 Å². The van der Waals surface area contributed by atoms with Gasteiger partial charge in [-0.15, -0.1) is 0 Å². The Bertz CT molecular complexity index is 663. The highest BCUT2D eigenvalue weighted by Gasteiger charge is 2.39. The zero-order valence-electron chi connectivity index (χ0n) is 12.2. The topological polar surface area (TPSA) is 67.1 Å². The molecule has 5 heteroatoms. The lowest BCUT2D eigenvalue weighted by Crippen LogP contribution is -2.38. The van der Waals surface area contributed by atoms with Crippen molar-refractivity contribution in [3.63, 3.8) is 0 Å². The van der Waals surface area contributed by atoms with E-state index in [1.807, 2.05) is 24.3 Å². The van der Waals surface area contributed by atoms with Crippen molar-refractivity contribution < 1.29 is 0 Å². The monoisotopic (exact) mass is 283 g/mol. The molecule has 110 valence electrons. The number of aromatic nitrogens is 2. The van der Waals surface area contributed by atoms with Crippen LogP contribution in [0.25, 0.3) is 10.9 Å². The normalized spacial score (nSPS) is 21.2. The van der Waals surface area contributed by atoms with E-state index >= 15 is 0 Å². The Hall–Kier alpha value is -1.88. The maximum Gasteiger partial charge on any atom is 0.227 e. The van der Waals surface area contributed by atoms with Gasteiger partial charge >= 0.3 is 0 Å². The second-order valence-corrected chi connectivity index (χ2v) is 6.35. The van der Waals surface area contributed by atoms with E-state index < -0.39 is 0 Å². The van der Waals surface area contributed by atoms with Gasteiger partial charge < -0.3 is 16.0 Å². The van der Waals surface area contributed by atoms with Gasteiger partial charge in [0.2, 0.25) is 5.95 Å². The first-order chi connectivity index (χ1) is 10.3. The first-order valence-corrected chi connectivity index (χ1v) is 7.74. The summed E-state index contributed by atoms with van der Waals surface area (Å²) in [6, 6.07) is 7.96. The molecule has 3 heterocycles. The van der Waals surface area contributed by atoms with Crippen molar-refractivity contribution in [3.05, 3.63) is 24.3 Å². The summed E-state index contributed by atoms with van der Waals surface area (Å²) in [4.78, 5) is 11.6. The Morgan fingerprint density at radius 2 is 1.90 bits per heavy atom. The molecule has 0 saturated carbocycles. The van der Waals surface area contributed by atoms with Gasteiger partial charge in [-0.3, -0.25) is 0 Å². The van der Waals surface area contributed by atoms with E-state index in [0.29, 0.717) is 11.2 Å². The average molecular weight is 283 g/mol. The van der Waals surface area contributed by atoms with E-state index in [1.165, 1.54) is 19.3 Å². The molecule has 3 N–H and O–H groups in total. The van der Waals surface area contributed by atoms with Gasteiger partial charge in [0.15, 0.2) is 0 Å². The van der Waals surface area contributed by atoms with Crippen LogP contribution in [0.2, 0.25) is 0 Å². The largest absolute Gasteiger partial charge is 0.383 e. The first kappa shape index (κ1) is 12.8. The van der Waals surface area contributed by atoms with Crippen LogP contribution in [0.5, 0.6) is 0 Å². The molecule has 2 aromatic rings. The maximum absolute atomic E-state index is 6.11. The molecule has 1 aromatic carbocycles. The van der Waals surface area contributed by atoms with Crippen LogP contribution in [0.4, 0.5) is 11.8 Å². The number of nitrogens with one attached hydrogen (secondary N) is 1. The van der Waals surface area contributed by atoms with E-state index in [4.69, 9.17) is 10.7 Å². The summed E-state index contributed by atoms with van der Waals surface area (Å²) in [5, 5.41) is 4.40. The highest BCUT2D eigenvalue weighted by Crippen LogP contribution is 2.39. The van der Waals surface area contributed by atoms with E-state index in [0.717, 1.165) is 43.0 Å². The van der Waals surface area contributed by atoms with Gasteiger partial charge in [0.25, 0.3) is 0 Å². The molecule has 0 radical (unpaired) electrons. The number of rotatable bonds is 1. The van der Waals surface area contributed by atoms with Crippen LogP contribution < -0.4 is 16.0 Å².